The van der Waals surface area contributed by atoms with Crippen molar-refractivity contribution in [1.82, 2.24) is 9.80 Å². The first-order chi connectivity index (χ1) is 8.65. The highest BCUT2D eigenvalue weighted by Crippen LogP contribution is 2.08. The van der Waals surface area contributed by atoms with Crippen molar-refractivity contribution in [2.75, 3.05) is 33.7 Å². The van der Waals surface area contributed by atoms with Crippen molar-refractivity contribution < 1.29 is 0 Å². The molecule has 0 saturated carbocycles. The Morgan fingerprint density at radius 2 is 1.94 bits per heavy atom. The highest BCUT2D eigenvalue weighted by molar-refractivity contribution is 5.32. The molecule has 3 nitrogen and oxygen atoms in total. The Kier molecular flexibility index (Phi) is 6.42. The molecule has 98 valence electrons. The van der Waals surface area contributed by atoms with Crippen LogP contribution in [0.5, 0.6) is 0 Å². The Labute approximate surface area is 111 Å². The monoisotopic (exact) mass is 245 g/mol. The molecule has 0 radical (unpaired) electrons. The van der Waals surface area contributed by atoms with Gasteiger partial charge in [0.1, 0.15) is 0 Å². The first-order valence-corrected chi connectivity index (χ1v) is 6.51. The van der Waals surface area contributed by atoms with Crippen molar-refractivity contribution >= 4 is 0 Å². The van der Waals surface area contributed by atoms with Gasteiger partial charge < -0.3 is 4.90 Å². The number of nitriles is 1. The van der Waals surface area contributed by atoms with E-state index in [0.29, 0.717) is 0 Å². The van der Waals surface area contributed by atoms with E-state index in [1.54, 1.807) is 0 Å². The zero-order chi connectivity index (χ0) is 13.4. The van der Waals surface area contributed by atoms with Gasteiger partial charge in [-0.25, -0.2) is 0 Å². The number of benzene rings is 1. The summed E-state index contributed by atoms with van der Waals surface area (Å²) in [6.45, 7) is 6.37. The zero-order valence-electron chi connectivity index (χ0n) is 11.7. The number of rotatable bonds is 7. The van der Waals surface area contributed by atoms with Crippen LogP contribution in [0.4, 0.5) is 0 Å². The van der Waals surface area contributed by atoms with Gasteiger partial charge in [0.15, 0.2) is 0 Å². The third-order valence-electron chi connectivity index (χ3n) is 2.87. The van der Waals surface area contributed by atoms with E-state index in [-0.39, 0.29) is 0 Å². The van der Waals surface area contributed by atoms with Crippen LogP contribution in [-0.4, -0.2) is 43.5 Å². The Hall–Kier alpha value is -1.37. The first-order valence-electron chi connectivity index (χ1n) is 6.51. The summed E-state index contributed by atoms with van der Waals surface area (Å²) in [6.07, 6.45) is 1.16. The molecule has 0 bridgehead atoms. The van der Waals surface area contributed by atoms with Crippen LogP contribution in [0.3, 0.4) is 0 Å². The van der Waals surface area contributed by atoms with Crippen molar-refractivity contribution in [1.29, 1.82) is 5.26 Å². The topological polar surface area (TPSA) is 30.3 Å². The molecular formula is C15H23N3. The molecule has 18 heavy (non-hydrogen) atoms. The highest BCUT2D eigenvalue weighted by atomic mass is 15.2. The third-order valence-corrected chi connectivity index (χ3v) is 2.87. The van der Waals surface area contributed by atoms with Crippen LogP contribution in [-0.2, 0) is 6.54 Å². The number of likely N-dealkylation sites (N-methyl/N-ethyl adjacent to an activating group) is 1. The lowest BCUT2D eigenvalue weighted by Crippen LogP contribution is -2.32. The molecule has 1 aromatic carbocycles. The van der Waals surface area contributed by atoms with Crippen LogP contribution in [0.15, 0.2) is 24.3 Å². The van der Waals surface area contributed by atoms with Gasteiger partial charge in [0.25, 0.3) is 0 Å². The molecule has 1 rings (SSSR count). The second-order valence-corrected chi connectivity index (χ2v) is 4.89. The van der Waals surface area contributed by atoms with Crippen molar-refractivity contribution in [2.45, 2.75) is 19.9 Å². The summed E-state index contributed by atoms with van der Waals surface area (Å²) in [5.74, 6) is 0. The Balaban J connectivity index is 2.61. The lowest BCUT2D eigenvalue weighted by Gasteiger charge is -2.23. The maximum absolute atomic E-state index is 8.91. The average molecular weight is 245 g/mol. The van der Waals surface area contributed by atoms with Crippen molar-refractivity contribution in [3.05, 3.63) is 35.4 Å². The third kappa shape index (κ3) is 5.31. The van der Waals surface area contributed by atoms with E-state index in [0.717, 1.165) is 38.2 Å². The van der Waals surface area contributed by atoms with E-state index in [1.807, 2.05) is 18.2 Å². The van der Waals surface area contributed by atoms with Crippen LogP contribution < -0.4 is 0 Å². The molecular weight excluding hydrogens is 222 g/mol. The van der Waals surface area contributed by atoms with E-state index in [1.165, 1.54) is 5.56 Å². The molecule has 3 heteroatoms. The van der Waals surface area contributed by atoms with Crippen LogP contribution in [0.1, 0.15) is 24.5 Å². The maximum atomic E-state index is 8.91. The summed E-state index contributed by atoms with van der Waals surface area (Å²) in [4.78, 5) is 4.64. The number of hydrogen-bond acceptors (Lipinski definition) is 3. The minimum atomic E-state index is 0.747. The normalized spacial score (nSPS) is 10.9. The Morgan fingerprint density at radius 1 is 1.17 bits per heavy atom. The lowest BCUT2D eigenvalue weighted by molar-refractivity contribution is 0.234. The first kappa shape index (κ1) is 14.7. The fourth-order valence-corrected chi connectivity index (χ4v) is 1.92. The summed E-state index contributed by atoms with van der Waals surface area (Å²) in [5, 5.41) is 8.91. The molecule has 0 aliphatic heterocycles. The molecule has 0 spiro atoms. The summed E-state index contributed by atoms with van der Waals surface area (Å²) in [6, 6.07) is 10.1. The van der Waals surface area contributed by atoms with Gasteiger partial charge in [0, 0.05) is 19.6 Å². The van der Waals surface area contributed by atoms with Crippen molar-refractivity contribution in [3.8, 4) is 6.07 Å². The molecule has 0 heterocycles. The van der Waals surface area contributed by atoms with E-state index in [9.17, 15) is 0 Å². The SMILES string of the molecule is CCCN(CCN(C)C)Cc1cccc(C#N)c1. The average Bonchev–Trinajstić information content (AvgIpc) is 2.36. The zero-order valence-corrected chi connectivity index (χ0v) is 11.7. The van der Waals surface area contributed by atoms with Crippen LogP contribution in [0, 0.1) is 11.3 Å². The quantitative estimate of drug-likeness (QED) is 0.738. The predicted octanol–water partition coefficient (Wildman–Crippen LogP) is 2.33. The molecule has 0 aliphatic rings. The largest absolute Gasteiger partial charge is 0.308 e. The summed E-state index contributed by atoms with van der Waals surface area (Å²) < 4.78 is 0. The van der Waals surface area contributed by atoms with E-state index in [2.05, 4.69) is 43.0 Å². The standard InChI is InChI=1S/C15H23N3/c1-4-8-18(10-9-17(2)3)13-15-7-5-6-14(11-15)12-16/h5-7,11H,4,8-10,13H2,1-3H3. The van der Waals surface area contributed by atoms with E-state index >= 15 is 0 Å². The maximum Gasteiger partial charge on any atom is 0.0991 e. The smallest absolute Gasteiger partial charge is 0.0991 e. The van der Waals surface area contributed by atoms with Crippen LogP contribution in [0.2, 0.25) is 0 Å². The van der Waals surface area contributed by atoms with Gasteiger partial charge in [0.2, 0.25) is 0 Å². The fourth-order valence-electron chi connectivity index (χ4n) is 1.92. The summed E-state index contributed by atoms with van der Waals surface area (Å²) in [5.41, 5.74) is 1.97. The molecule has 0 aromatic heterocycles. The second kappa shape index (κ2) is 7.86. The van der Waals surface area contributed by atoms with Crippen molar-refractivity contribution in [2.24, 2.45) is 0 Å². The van der Waals surface area contributed by atoms with Gasteiger partial charge in [-0.05, 0) is 44.8 Å². The number of hydrogen-bond donors (Lipinski definition) is 0. The van der Waals surface area contributed by atoms with Gasteiger partial charge in [-0.15, -0.1) is 0 Å². The molecule has 0 aliphatic carbocycles. The molecule has 1 aromatic rings. The molecule has 0 saturated heterocycles. The minimum Gasteiger partial charge on any atom is -0.308 e. The van der Waals surface area contributed by atoms with Gasteiger partial charge in [-0.2, -0.15) is 5.26 Å². The molecule has 0 unspecified atom stereocenters. The van der Waals surface area contributed by atoms with Gasteiger partial charge in [-0.1, -0.05) is 19.1 Å². The van der Waals surface area contributed by atoms with E-state index < -0.39 is 0 Å². The molecule has 0 N–H and O–H groups in total. The number of nitrogens with zero attached hydrogens (tertiary/aromatic N) is 3. The molecule has 0 amide bonds. The fraction of sp³-hybridized carbons (Fsp3) is 0.533. The Bertz CT molecular complexity index is 393. The Morgan fingerprint density at radius 3 is 2.56 bits per heavy atom. The predicted molar refractivity (Wildman–Crippen MR) is 75.3 cm³/mol. The van der Waals surface area contributed by atoms with E-state index in [4.69, 9.17) is 5.26 Å². The highest BCUT2D eigenvalue weighted by Gasteiger charge is 2.06. The van der Waals surface area contributed by atoms with Gasteiger partial charge in [0.05, 0.1) is 11.6 Å². The van der Waals surface area contributed by atoms with Crippen molar-refractivity contribution in [3.63, 3.8) is 0 Å². The van der Waals surface area contributed by atoms with Gasteiger partial charge >= 0.3 is 0 Å². The summed E-state index contributed by atoms with van der Waals surface area (Å²) in [7, 11) is 4.20. The van der Waals surface area contributed by atoms with Crippen LogP contribution in [0.25, 0.3) is 0 Å². The van der Waals surface area contributed by atoms with Crippen LogP contribution >= 0.6 is 0 Å². The molecule has 0 atom stereocenters. The van der Waals surface area contributed by atoms with Gasteiger partial charge in [-0.3, -0.25) is 4.90 Å². The lowest BCUT2D eigenvalue weighted by atomic mass is 10.1. The second-order valence-electron chi connectivity index (χ2n) is 4.89. The minimum absolute atomic E-state index is 0.747. The molecule has 0 fully saturated rings. The summed E-state index contributed by atoms with van der Waals surface area (Å²) >= 11 is 0.